The number of aromatic nitrogens is 1. The fourth-order valence-corrected chi connectivity index (χ4v) is 1.64. The zero-order chi connectivity index (χ0) is 13.4. The summed E-state index contributed by atoms with van der Waals surface area (Å²) in [4.78, 5) is 15.4. The van der Waals surface area contributed by atoms with Crippen LogP contribution in [-0.4, -0.2) is 34.3 Å². The zero-order valence-corrected chi connectivity index (χ0v) is 10.6. The molecule has 0 spiro atoms. The van der Waals surface area contributed by atoms with Gasteiger partial charge in [0.2, 0.25) is 0 Å². The molecule has 1 aromatic rings. The smallest absolute Gasteiger partial charge is 0.335 e. The second-order valence-corrected chi connectivity index (χ2v) is 4.15. The van der Waals surface area contributed by atoms with Crippen molar-refractivity contribution in [2.75, 3.05) is 18.5 Å². The van der Waals surface area contributed by atoms with Gasteiger partial charge >= 0.3 is 5.97 Å². The number of unbranched alkanes of at least 4 members (excludes halogenated alkanes) is 1. The number of aryl methyl sites for hydroxylation is 1. The van der Waals surface area contributed by atoms with E-state index >= 15 is 0 Å². The van der Waals surface area contributed by atoms with E-state index in [9.17, 15) is 4.79 Å². The van der Waals surface area contributed by atoms with Crippen LogP contribution in [0.25, 0.3) is 0 Å². The van der Waals surface area contributed by atoms with Gasteiger partial charge in [-0.1, -0.05) is 13.3 Å². The summed E-state index contributed by atoms with van der Waals surface area (Å²) in [6, 6.07) is 3.16. The molecule has 0 bridgehead atoms. The molecule has 0 saturated heterocycles. The highest BCUT2D eigenvalue weighted by Gasteiger charge is 2.07. The molecular formula is C13H20N2O3. The molecule has 1 aromatic heterocycles. The number of nitrogens with zero attached hydrogens (tertiary/aromatic N) is 1. The van der Waals surface area contributed by atoms with Gasteiger partial charge in [0.1, 0.15) is 5.82 Å². The van der Waals surface area contributed by atoms with Gasteiger partial charge in [-0.3, -0.25) is 0 Å². The standard InChI is InChI=1S/C13H20N2O3/c1-2-5-11-8-10(13(17)18)9-12(15-11)14-6-3-4-7-16/h8-9,16H,2-7H2,1H3,(H,14,15)(H,17,18). The van der Waals surface area contributed by atoms with Gasteiger partial charge in [0, 0.05) is 18.8 Å². The van der Waals surface area contributed by atoms with Gasteiger partial charge < -0.3 is 15.5 Å². The van der Waals surface area contributed by atoms with Crippen LogP contribution in [-0.2, 0) is 6.42 Å². The van der Waals surface area contributed by atoms with E-state index in [1.54, 1.807) is 12.1 Å². The van der Waals surface area contributed by atoms with Crippen LogP contribution in [0, 0.1) is 0 Å². The van der Waals surface area contributed by atoms with E-state index in [4.69, 9.17) is 10.2 Å². The van der Waals surface area contributed by atoms with Gasteiger partial charge in [0.25, 0.3) is 0 Å². The van der Waals surface area contributed by atoms with E-state index in [1.165, 1.54) is 0 Å². The van der Waals surface area contributed by atoms with Crippen LogP contribution in [0.5, 0.6) is 0 Å². The van der Waals surface area contributed by atoms with E-state index in [1.807, 2.05) is 6.92 Å². The number of hydrogen-bond acceptors (Lipinski definition) is 4. The topological polar surface area (TPSA) is 82.5 Å². The zero-order valence-electron chi connectivity index (χ0n) is 10.6. The Balaban J connectivity index is 2.72. The van der Waals surface area contributed by atoms with E-state index < -0.39 is 5.97 Å². The average molecular weight is 252 g/mol. The van der Waals surface area contributed by atoms with Crippen molar-refractivity contribution in [3.63, 3.8) is 0 Å². The summed E-state index contributed by atoms with van der Waals surface area (Å²) in [6.45, 7) is 2.89. The van der Waals surface area contributed by atoms with Gasteiger partial charge in [-0.2, -0.15) is 0 Å². The number of pyridine rings is 1. The van der Waals surface area contributed by atoms with E-state index in [0.29, 0.717) is 12.4 Å². The number of carboxylic acids is 1. The highest BCUT2D eigenvalue weighted by Crippen LogP contribution is 2.12. The third kappa shape index (κ3) is 4.71. The Hall–Kier alpha value is -1.62. The van der Waals surface area contributed by atoms with Crippen molar-refractivity contribution < 1.29 is 15.0 Å². The Morgan fingerprint density at radius 2 is 2.17 bits per heavy atom. The number of aliphatic hydroxyl groups is 1. The quantitative estimate of drug-likeness (QED) is 0.616. The summed E-state index contributed by atoms with van der Waals surface area (Å²) < 4.78 is 0. The number of nitrogens with one attached hydrogen (secondary N) is 1. The molecule has 3 N–H and O–H groups in total. The number of carbonyl (C=O) groups is 1. The monoisotopic (exact) mass is 252 g/mol. The summed E-state index contributed by atoms with van der Waals surface area (Å²) in [5, 5.41) is 20.8. The summed E-state index contributed by atoms with van der Waals surface area (Å²) >= 11 is 0. The number of carboxylic acid groups (broad SMARTS) is 1. The summed E-state index contributed by atoms with van der Waals surface area (Å²) in [5.41, 5.74) is 1.06. The van der Waals surface area contributed by atoms with Crippen molar-refractivity contribution >= 4 is 11.8 Å². The Morgan fingerprint density at radius 3 is 2.78 bits per heavy atom. The van der Waals surface area contributed by atoms with E-state index in [-0.39, 0.29) is 12.2 Å². The third-order valence-electron chi connectivity index (χ3n) is 2.52. The Morgan fingerprint density at radius 1 is 1.39 bits per heavy atom. The van der Waals surface area contributed by atoms with Gasteiger partial charge in [-0.25, -0.2) is 9.78 Å². The first kappa shape index (κ1) is 14.4. The fourth-order valence-electron chi connectivity index (χ4n) is 1.64. The van der Waals surface area contributed by atoms with Crippen LogP contribution in [0.3, 0.4) is 0 Å². The third-order valence-corrected chi connectivity index (χ3v) is 2.52. The number of aromatic carboxylic acids is 1. The van der Waals surface area contributed by atoms with Gasteiger partial charge in [-0.05, 0) is 31.4 Å². The molecule has 0 unspecified atom stereocenters. The lowest BCUT2D eigenvalue weighted by Gasteiger charge is -2.08. The molecule has 5 heteroatoms. The molecule has 0 aliphatic rings. The second-order valence-electron chi connectivity index (χ2n) is 4.15. The lowest BCUT2D eigenvalue weighted by atomic mass is 10.1. The maximum absolute atomic E-state index is 11.0. The summed E-state index contributed by atoms with van der Waals surface area (Å²) in [7, 11) is 0. The SMILES string of the molecule is CCCc1cc(C(=O)O)cc(NCCCCO)n1. The van der Waals surface area contributed by atoms with Gasteiger partial charge in [0.05, 0.1) is 5.56 Å². The molecule has 0 saturated carbocycles. The highest BCUT2D eigenvalue weighted by molar-refractivity contribution is 5.88. The molecule has 0 fully saturated rings. The maximum atomic E-state index is 11.0. The number of hydrogen-bond donors (Lipinski definition) is 3. The molecule has 1 heterocycles. The largest absolute Gasteiger partial charge is 0.478 e. The minimum absolute atomic E-state index is 0.172. The van der Waals surface area contributed by atoms with Crippen molar-refractivity contribution in [2.24, 2.45) is 0 Å². The van der Waals surface area contributed by atoms with E-state index in [2.05, 4.69) is 10.3 Å². The number of anilines is 1. The molecule has 0 aromatic carbocycles. The van der Waals surface area contributed by atoms with Crippen molar-refractivity contribution in [1.29, 1.82) is 0 Å². The average Bonchev–Trinajstić information content (AvgIpc) is 2.35. The maximum Gasteiger partial charge on any atom is 0.335 e. The summed E-state index contributed by atoms with van der Waals surface area (Å²) in [5.74, 6) is -0.343. The minimum atomic E-state index is -0.937. The van der Waals surface area contributed by atoms with Crippen molar-refractivity contribution in [1.82, 2.24) is 4.98 Å². The van der Waals surface area contributed by atoms with E-state index in [0.717, 1.165) is 31.4 Å². The normalized spacial score (nSPS) is 10.3. The first-order chi connectivity index (χ1) is 8.67. The Labute approximate surface area is 107 Å². The van der Waals surface area contributed by atoms with Crippen LogP contribution in [0.4, 0.5) is 5.82 Å². The van der Waals surface area contributed by atoms with Crippen LogP contribution < -0.4 is 5.32 Å². The molecule has 0 aliphatic heterocycles. The van der Waals surface area contributed by atoms with Crippen molar-refractivity contribution in [3.8, 4) is 0 Å². The lowest BCUT2D eigenvalue weighted by molar-refractivity contribution is 0.0696. The first-order valence-corrected chi connectivity index (χ1v) is 6.26. The Kier molecular flexibility index (Phi) is 6.14. The van der Waals surface area contributed by atoms with Crippen LogP contribution in [0.2, 0.25) is 0 Å². The van der Waals surface area contributed by atoms with Crippen molar-refractivity contribution in [2.45, 2.75) is 32.6 Å². The molecule has 0 atom stereocenters. The lowest BCUT2D eigenvalue weighted by Crippen LogP contribution is -2.08. The van der Waals surface area contributed by atoms with Crippen LogP contribution in [0.15, 0.2) is 12.1 Å². The molecule has 5 nitrogen and oxygen atoms in total. The van der Waals surface area contributed by atoms with Crippen molar-refractivity contribution in [3.05, 3.63) is 23.4 Å². The molecule has 18 heavy (non-hydrogen) atoms. The molecule has 100 valence electrons. The highest BCUT2D eigenvalue weighted by atomic mass is 16.4. The van der Waals surface area contributed by atoms with Crippen LogP contribution >= 0.6 is 0 Å². The molecular weight excluding hydrogens is 232 g/mol. The van der Waals surface area contributed by atoms with Gasteiger partial charge in [0.15, 0.2) is 0 Å². The fraction of sp³-hybridized carbons (Fsp3) is 0.538. The second kappa shape index (κ2) is 7.66. The number of aliphatic hydroxyl groups excluding tert-OH is 1. The molecule has 0 radical (unpaired) electrons. The summed E-state index contributed by atoms with van der Waals surface area (Å²) in [6.07, 6.45) is 3.26. The molecule has 1 rings (SSSR count). The predicted octanol–water partition coefficient (Wildman–Crippen LogP) is 1.92. The predicted molar refractivity (Wildman–Crippen MR) is 70.0 cm³/mol. The molecule has 0 aliphatic carbocycles. The molecule has 0 amide bonds. The minimum Gasteiger partial charge on any atom is -0.478 e. The van der Waals surface area contributed by atoms with Crippen LogP contribution in [0.1, 0.15) is 42.2 Å². The first-order valence-electron chi connectivity index (χ1n) is 6.26. The van der Waals surface area contributed by atoms with Gasteiger partial charge in [-0.15, -0.1) is 0 Å². The Bertz CT molecular complexity index is 394. The number of rotatable bonds is 8.